The Bertz CT molecular complexity index is 454. The Morgan fingerprint density at radius 1 is 1.59 bits per heavy atom. The monoisotopic (exact) mass is 239 g/mol. The molecule has 0 aliphatic heterocycles. The van der Waals surface area contributed by atoms with Gasteiger partial charge in [-0.15, -0.1) is 0 Å². The molecule has 0 saturated carbocycles. The van der Waals surface area contributed by atoms with Crippen molar-refractivity contribution >= 4 is 11.8 Å². The molecule has 6 nitrogen and oxygen atoms in total. The largest absolute Gasteiger partial charge is 0.480 e. The minimum Gasteiger partial charge on any atom is -0.480 e. The van der Waals surface area contributed by atoms with Crippen LogP contribution in [0.2, 0.25) is 0 Å². The molecule has 0 spiro atoms. The molecule has 0 aliphatic rings. The van der Waals surface area contributed by atoms with E-state index in [-0.39, 0.29) is 23.8 Å². The average Bonchev–Trinajstić information content (AvgIpc) is 2.19. The number of aromatic nitrogens is 2. The van der Waals surface area contributed by atoms with Crippen LogP contribution in [0.1, 0.15) is 13.8 Å². The number of hydrogen-bond acceptors (Lipinski definition) is 4. The Balaban J connectivity index is 3.08. The van der Waals surface area contributed by atoms with Crippen molar-refractivity contribution < 1.29 is 9.90 Å². The minimum atomic E-state index is -0.974. The molecule has 0 aromatic carbocycles. The summed E-state index contributed by atoms with van der Waals surface area (Å²) in [5, 5.41) is 8.84. The van der Waals surface area contributed by atoms with Crippen LogP contribution in [-0.2, 0) is 11.8 Å². The minimum absolute atomic E-state index is 0.186. The van der Waals surface area contributed by atoms with Crippen molar-refractivity contribution in [3.05, 3.63) is 22.7 Å². The third-order valence-corrected chi connectivity index (χ3v) is 2.21. The van der Waals surface area contributed by atoms with Gasteiger partial charge in [-0.2, -0.15) is 0 Å². The second-order valence-corrected chi connectivity index (χ2v) is 4.34. The van der Waals surface area contributed by atoms with Crippen LogP contribution in [-0.4, -0.2) is 33.7 Å². The van der Waals surface area contributed by atoms with E-state index in [0.29, 0.717) is 6.54 Å². The van der Waals surface area contributed by atoms with Gasteiger partial charge in [-0.3, -0.25) is 9.59 Å². The Kier molecular flexibility index (Phi) is 4.25. The highest BCUT2D eigenvalue weighted by molar-refractivity contribution is 5.73. The summed E-state index contributed by atoms with van der Waals surface area (Å²) in [7, 11) is 1.61. The maximum absolute atomic E-state index is 11.8. The molecule has 6 heteroatoms. The zero-order valence-electron chi connectivity index (χ0n) is 10.3. The normalized spacial score (nSPS) is 10.6. The third kappa shape index (κ3) is 3.58. The number of hydrogen-bond donors (Lipinski definition) is 1. The van der Waals surface area contributed by atoms with Crippen molar-refractivity contribution in [2.24, 2.45) is 13.0 Å². The fraction of sp³-hybridized carbons (Fsp3) is 0.545. The summed E-state index contributed by atoms with van der Waals surface area (Å²) in [5.41, 5.74) is -0.283. The molecule has 0 unspecified atom stereocenters. The number of rotatable bonds is 5. The van der Waals surface area contributed by atoms with Crippen LogP contribution in [0, 0.1) is 5.92 Å². The third-order valence-electron chi connectivity index (χ3n) is 2.21. The van der Waals surface area contributed by atoms with E-state index in [4.69, 9.17) is 5.11 Å². The summed E-state index contributed by atoms with van der Waals surface area (Å²) in [4.78, 5) is 28.1. The van der Waals surface area contributed by atoms with Crippen molar-refractivity contribution in [2.75, 3.05) is 18.0 Å². The summed E-state index contributed by atoms with van der Waals surface area (Å²) >= 11 is 0. The molecule has 0 bridgehead atoms. The zero-order chi connectivity index (χ0) is 13.0. The standard InChI is InChI=1S/C11H17N3O3/c1-8(2)6-14(7-9(15)16)10-11(17)13(3)5-4-12-10/h4-5,8H,6-7H2,1-3H3,(H,15,16). The molecule has 0 atom stereocenters. The Labute approximate surface area is 99.5 Å². The van der Waals surface area contributed by atoms with Crippen LogP contribution in [0.4, 0.5) is 5.82 Å². The lowest BCUT2D eigenvalue weighted by Crippen LogP contribution is -2.38. The summed E-state index contributed by atoms with van der Waals surface area (Å²) in [6.45, 7) is 4.19. The van der Waals surface area contributed by atoms with Gasteiger partial charge in [0.05, 0.1) is 0 Å². The first-order valence-corrected chi connectivity index (χ1v) is 5.40. The van der Waals surface area contributed by atoms with Gasteiger partial charge in [-0.05, 0) is 5.92 Å². The fourth-order valence-corrected chi connectivity index (χ4v) is 1.53. The van der Waals surface area contributed by atoms with Gasteiger partial charge in [0.15, 0.2) is 5.82 Å². The van der Waals surface area contributed by atoms with Gasteiger partial charge in [-0.25, -0.2) is 4.98 Å². The lowest BCUT2D eigenvalue weighted by atomic mass is 10.2. The van der Waals surface area contributed by atoms with Crippen LogP contribution in [0.25, 0.3) is 0 Å². The molecule has 17 heavy (non-hydrogen) atoms. The molecule has 0 saturated heterocycles. The van der Waals surface area contributed by atoms with E-state index in [1.54, 1.807) is 13.2 Å². The van der Waals surface area contributed by atoms with E-state index in [1.165, 1.54) is 15.7 Å². The number of carboxylic acid groups (broad SMARTS) is 1. The molecule has 94 valence electrons. The molecular weight excluding hydrogens is 222 g/mol. The van der Waals surface area contributed by atoms with Crippen LogP contribution in [0.5, 0.6) is 0 Å². The summed E-state index contributed by atoms with van der Waals surface area (Å²) < 4.78 is 1.39. The highest BCUT2D eigenvalue weighted by atomic mass is 16.4. The first-order chi connectivity index (χ1) is 7.91. The van der Waals surface area contributed by atoms with Gasteiger partial charge < -0.3 is 14.6 Å². The van der Waals surface area contributed by atoms with E-state index >= 15 is 0 Å². The number of carbonyl (C=O) groups is 1. The second-order valence-electron chi connectivity index (χ2n) is 4.34. The molecule has 1 N–H and O–H groups in total. The van der Waals surface area contributed by atoms with Crippen molar-refractivity contribution in [3.63, 3.8) is 0 Å². The molecule has 1 aromatic rings. The van der Waals surface area contributed by atoms with Gasteiger partial charge in [0.2, 0.25) is 0 Å². The first-order valence-electron chi connectivity index (χ1n) is 5.40. The number of aliphatic carboxylic acids is 1. The Morgan fingerprint density at radius 3 is 2.76 bits per heavy atom. The van der Waals surface area contributed by atoms with Crippen LogP contribution < -0.4 is 10.5 Å². The smallest absolute Gasteiger partial charge is 0.323 e. The van der Waals surface area contributed by atoms with Crippen LogP contribution in [0.15, 0.2) is 17.2 Å². The van der Waals surface area contributed by atoms with Crippen molar-refractivity contribution in [2.45, 2.75) is 13.8 Å². The molecule has 0 aliphatic carbocycles. The van der Waals surface area contributed by atoms with Crippen LogP contribution in [0.3, 0.4) is 0 Å². The predicted molar refractivity (Wildman–Crippen MR) is 64.2 cm³/mol. The topological polar surface area (TPSA) is 75.4 Å². The van der Waals surface area contributed by atoms with E-state index in [1.807, 2.05) is 13.8 Å². The van der Waals surface area contributed by atoms with E-state index < -0.39 is 5.97 Å². The van der Waals surface area contributed by atoms with Gasteiger partial charge in [0, 0.05) is 26.0 Å². The number of aryl methyl sites for hydroxylation is 1. The zero-order valence-corrected chi connectivity index (χ0v) is 10.3. The highest BCUT2D eigenvalue weighted by Crippen LogP contribution is 2.06. The van der Waals surface area contributed by atoms with Gasteiger partial charge >= 0.3 is 5.97 Å². The molecular formula is C11H17N3O3. The molecule has 1 aromatic heterocycles. The van der Waals surface area contributed by atoms with Crippen molar-refractivity contribution in [1.82, 2.24) is 9.55 Å². The predicted octanol–water partition coefficient (Wildman–Crippen LogP) is 0.327. The van der Waals surface area contributed by atoms with E-state index in [2.05, 4.69) is 4.98 Å². The molecule has 1 rings (SSSR count). The summed E-state index contributed by atoms with van der Waals surface area (Å²) in [5.74, 6) is -0.537. The lowest BCUT2D eigenvalue weighted by molar-refractivity contribution is -0.135. The van der Waals surface area contributed by atoms with E-state index in [9.17, 15) is 9.59 Å². The SMILES string of the molecule is CC(C)CN(CC(=O)O)c1nccn(C)c1=O. The van der Waals surface area contributed by atoms with Crippen molar-refractivity contribution in [1.29, 1.82) is 0 Å². The lowest BCUT2D eigenvalue weighted by Gasteiger charge is -2.23. The quantitative estimate of drug-likeness (QED) is 0.801. The van der Waals surface area contributed by atoms with Gasteiger partial charge in [0.25, 0.3) is 5.56 Å². The number of nitrogens with zero attached hydrogens (tertiary/aromatic N) is 3. The van der Waals surface area contributed by atoms with Gasteiger partial charge in [0.1, 0.15) is 6.54 Å². The number of carboxylic acids is 1. The fourth-order valence-electron chi connectivity index (χ4n) is 1.53. The molecule has 0 amide bonds. The molecule has 0 radical (unpaired) electrons. The summed E-state index contributed by atoms with van der Waals surface area (Å²) in [6, 6.07) is 0. The van der Waals surface area contributed by atoms with Crippen LogP contribution >= 0.6 is 0 Å². The maximum Gasteiger partial charge on any atom is 0.323 e. The molecule has 1 heterocycles. The highest BCUT2D eigenvalue weighted by Gasteiger charge is 2.17. The first kappa shape index (κ1) is 13.2. The number of anilines is 1. The van der Waals surface area contributed by atoms with Crippen molar-refractivity contribution in [3.8, 4) is 0 Å². The molecule has 0 fully saturated rings. The second kappa shape index (κ2) is 5.47. The maximum atomic E-state index is 11.8. The Hall–Kier alpha value is -1.85. The van der Waals surface area contributed by atoms with E-state index in [0.717, 1.165) is 0 Å². The average molecular weight is 239 g/mol. The summed E-state index contributed by atoms with van der Waals surface area (Å²) in [6.07, 6.45) is 3.03. The Morgan fingerprint density at radius 2 is 2.24 bits per heavy atom. The van der Waals surface area contributed by atoms with Gasteiger partial charge in [-0.1, -0.05) is 13.8 Å².